The van der Waals surface area contributed by atoms with E-state index in [0.717, 1.165) is 5.56 Å². The number of hydrogen-bond donors (Lipinski definition) is 3. The van der Waals surface area contributed by atoms with Gasteiger partial charge in [-0.15, -0.1) is 24.0 Å². The van der Waals surface area contributed by atoms with Crippen LogP contribution in [0.2, 0.25) is 0 Å². The second-order valence-electron chi connectivity index (χ2n) is 5.86. The Bertz CT molecular complexity index is 786. The first kappa shape index (κ1) is 23.7. The van der Waals surface area contributed by atoms with Crippen LogP contribution in [0.1, 0.15) is 12.5 Å². The SMILES string of the molecule is CN=C(NCCOc1cccc(NC(C)=O)c1)NCCc1cccc(F)c1.I. The van der Waals surface area contributed by atoms with Crippen LogP contribution in [-0.4, -0.2) is 38.6 Å². The average Bonchev–Trinajstić information content (AvgIpc) is 2.63. The molecule has 0 aliphatic rings. The fourth-order valence-electron chi connectivity index (χ4n) is 2.44. The zero-order valence-electron chi connectivity index (χ0n) is 16.0. The Morgan fingerprint density at radius 3 is 2.57 bits per heavy atom. The highest BCUT2D eigenvalue weighted by molar-refractivity contribution is 14.0. The molecule has 0 atom stereocenters. The number of anilines is 1. The number of guanidine groups is 1. The van der Waals surface area contributed by atoms with Crippen LogP contribution in [0.25, 0.3) is 0 Å². The number of hydrogen-bond acceptors (Lipinski definition) is 3. The third-order valence-electron chi connectivity index (χ3n) is 3.64. The molecule has 2 aromatic rings. The smallest absolute Gasteiger partial charge is 0.221 e. The molecule has 0 aromatic heterocycles. The van der Waals surface area contributed by atoms with Crippen molar-refractivity contribution < 1.29 is 13.9 Å². The average molecular weight is 500 g/mol. The minimum atomic E-state index is -0.227. The van der Waals surface area contributed by atoms with E-state index in [1.54, 1.807) is 25.2 Å². The molecular weight excluding hydrogens is 474 g/mol. The van der Waals surface area contributed by atoms with E-state index < -0.39 is 0 Å². The Morgan fingerprint density at radius 2 is 1.86 bits per heavy atom. The number of ether oxygens (including phenoxy) is 1. The third kappa shape index (κ3) is 9.03. The molecule has 0 unspecified atom stereocenters. The second-order valence-corrected chi connectivity index (χ2v) is 5.86. The number of nitrogens with zero attached hydrogens (tertiary/aromatic N) is 1. The Kier molecular flexibility index (Phi) is 10.9. The van der Waals surface area contributed by atoms with Gasteiger partial charge in [-0.1, -0.05) is 18.2 Å². The van der Waals surface area contributed by atoms with E-state index in [2.05, 4.69) is 20.9 Å². The summed E-state index contributed by atoms with van der Waals surface area (Å²) in [6.45, 7) is 3.10. The molecule has 0 fully saturated rings. The summed E-state index contributed by atoms with van der Waals surface area (Å²) in [4.78, 5) is 15.2. The number of carbonyl (C=O) groups excluding carboxylic acids is 1. The number of carbonyl (C=O) groups is 1. The number of halogens is 2. The minimum absolute atomic E-state index is 0. The maximum Gasteiger partial charge on any atom is 0.221 e. The van der Waals surface area contributed by atoms with E-state index in [9.17, 15) is 9.18 Å². The van der Waals surface area contributed by atoms with E-state index >= 15 is 0 Å². The fraction of sp³-hybridized carbons (Fsp3) is 0.300. The fourth-order valence-corrected chi connectivity index (χ4v) is 2.44. The van der Waals surface area contributed by atoms with Crippen LogP contribution in [0.15, 0.2) is 53.5 Å². The summed E-state index contributed by atoms with van der Waals surface area (Å²) in [5.41, 5.74) is 1.63. The van der Waals surface area contributed by atoms with Gasteiger partial charge >= 0.3 is 0 Å². The predicted octanol–water partition coefficient (Wildman–Crippen LogP) is 3.19. The molecule has 0 aliphatic carbocycles. The van der Waals surface area contributed by atoms with E-state index in [1.165, 1.54) is 19.1 Å². The van der Waals surface area contributed by atoms with Crippen molar-refractivity contribution in [3.8, 4) is 5.75 Å². The molecule has 2 rings (SSSR count). The molecule has 0 aliphatic heterocycles. The number of nitrogens with one attached hydrogen (secondary N) is 3. The molecule has 0 spiro atoms. The minimum Gasteiger partial charge on any atom is -0.492 e. The molecule has 3 N–H and O–H groups in total. The zero-order chi connectivity index (χ0) is 19.5. The Balaban J connectivity index is 0.00000392. The van der Waals surface area contributed by atoms with Gasteiger partial charge in [-0.3, -0.25) is 9.79 Å². The first-order valence-electron chi connectivity index (χ1n) is 8.76. The normalized spacial score (nSPS) is 10.6. The number of rotatable bonds is 8. The lowest BCUT2D eigenvalue weighted by Gasteiger charge is -2.13. The lowest BCUT2D eigenvalue weighted by Crippen LogP contribution is -2.40. The molecule has 6 nitrogen and oxygen atoms in total. The molecular formula is C20H26FIN4O2. The van der Waals surface area contributed by atoms with Crippen molar-refractivity contribution >= 4 is 41.5 Å². The van der Waals surface area contributed by atoms with E-state index in [0.29, 0.717) is 43.5 Å². The summed E-state index contributed by atoms with van der Waals surface area (Å²) in [5, 5.41) is 9.05. The Labute approximate surface area is 182 Å². The van der Waals surface area contributed by atoms with Crippen LogP contribution in [0, 0.1) is 5.82 Å². The quantitative estimate of drug-likeness (QED) is 0.225. The summed E-state index contributed by atoms with van der Waals surface area (Å²) < 4.78 is 18.8. The van der Waals surface area contributed by atoms with E-state index in [4.69, 9.17) is 4.74 Å². The van der Waals surface area contributed by atoms with Gasteiger partial charge < -0.3 is 20.7 Å². The monoisotopic (exact) mass is 500 g/mol. The summed E-state index contributed by atoms with van der Waals surface area (Å²) in [6, 6.07) is 13.8. The van der Waals surface area contributed by atoms with Crippen molar-refractivity contribution in [3.63, 3.8) is 0 Å². The van der Waals surface area contributed by atoms with Crippen LogP contribution in [0.3, 0.4) is 0 Å². The number of amides is 1. The van der Waals surface area contributed by atoms with Crippen molar-refractivity contribution in [1.29, 1.82) is 0 Å². The molecule has 0 radical (unpaired) electrons. The van der Waals surface area contributed by atoms with Gasteiger partial charge in [0.1, 0.15) is 18.2 Å². The maximum atomic E-state index is 13.2. The van der Waals surface area contributed by atoms with Crippen LogP contribution < -0.4 is 20.7 Å². The standard InChI is InChI=1S/C20H25FN4O2.HI/c1-15(26)25-18-7-4-8-19(14-18)27-12-11-24-20(22-2)23-10-9-16-5-3-6-17(21)13-16;/h3-8,13-14H,9-12H2,1-2H3,(H,25,26)(H2,22,23,24);1H. The van der Waals surface area contributed by atoms with Crippen molar-refractivity contribution in [1.82, 2.24) is 10.6 Å². The molecule has 0 bridgehead atoms. The Hall–Kier alpha value is -2.36. The van der Waals surface area contributed by atoms with Crippen LogP contribution >= 0.6 is 24.0 Å². The van der Waals surface area contributed by atoms with Gasteiger partial charge in [0.2, 0.25) is 5.91 Å². The van der Waals surface area contributed by atoms with Crippen molar-refractivity contribution in [2.24, 2.45) is 4.99 Å². The van der Waals surface area contributed by atoms with Crippen molar-refractivity contribution in [2.75, 3.05) is 32.1 Å². The lowest BCUT2D eigenvalue weighted by atomic mass is 10.1. The highest BCUT2D eigenvalue weighted by atomic mass is 127. The molecule has 0 heterocycles. The largest absolute Gasteiger partial charge is 0.492 e. The number of aliphatic imine (C=N–C) groups is 1. The highest BCUT2D eigenvalue weighted by Gasteiger charge is 2.01. The molecule has 28 heavy (non-hydrogen) atoms. The van der Waals surface area contributed by atoms with Gasteiger partial charge in [-0.05, 0) is 36.2 Å². The molecule has 152 valence electrons. The predicted molar refractivity (Wildman–Crippen MR) is 121 cm³/mol. The van der Waals surface area contributed by atoms with E-state index in [1.807, 2.05) is 18.2 Å². The van der Waals surface area contributed by atoms with Crippen molar-refractivity contribution in [3.05, 3.63) is 59.9 Å². The lowest BCUT2D eigenvalue weighted by molar-refractivity contribution is -0.114. The van der Waals surface area contributed by atoms with Gasteiger partial charge in [0.05, 0.1) is 6.54 Å². The summed E-state index contributed by atoms with van der Waals surface area (Å²) in [5.74, 6) is 0.982. The van der Waals surface area contributed by atoms with Gasteiger partial charge in [0, 0.05) is 32.3 Å². The highest BCUT2D eigenvalue weighted by Crippen LogP contribution is 2.17. The molecule has 0 saturated carbocycles. The van der Waals surface area contributed by atoms with E-state index in [-0.39, 0.29) is 35.7 Å². The van der Waals surface area contributed by atoms with Gasteiger partial charge in [0.25, 0.3) is 0 Å². The first-order chi connectivity index (χ1) is 13.1. The molecule has 2 aromatic carbocycles. The summed E-state index contributed by atoms with van der Waals surface area (Å²) >= 11 is 0. The second kappa shape index (κ2) is 12.9. The Morgan fingerprint density at radius 1 is 1.11 bits per heavy atom. The zero-order valence-corrected chi connectivity index (χ0v) is 18.3. The number of benzene rings is 2. The van der Waals surface area contributed by atoms with Crippen LogP contribution in [0.4, 0.5) is 10.1 Å². The van der Waals surface area contributed by atoms with Crippen LogP contribution in [-0.2, 0) is 11.2 Å². The molecule has 1 amide bonds. The molecule has 8 heteroatoms. The third-order valence-corrected chi connectivity index (χ3v) is 3.64. The van der Waals surface area contributed by atoms with Gasteiger partial charge in [0.15, 0.2) is 5.96 Å². The topological polar surface area (TPSA) is 74.8 Å². The summed E-state index contributed by atoms with van der Waals surface area (Å²) in [6.07, 6.45) is 0.699. The molecule has 0 saturated heterocycles. The summed E-state index contributed by atoms with van der Waals surface area (Å²) in [7, 11) is 1.69. The van der Waals surface area contributed by atoms with Gasteiger partial charge in [-0.2, -0.15) is 0 Å². The van der Waals surface area contributed by atoms with Crippen LogP contribution in [0.5, 0.6) is 5.75 Å². The van der Waals surface area contributed by atoms with Gasteiger partial charge in [-0.25, -0.2) is 4.39 Å². The van der Waals surface area contributed by atoms with Crippen molar-refractivity contribution in [2.45, 2.75) is 13.3 Å². The first-order valence-corrected chi connectivity index (χ1v) is 8.76. The maximum absolute atomic E-state index is 13.2.